The second-order valence-electron chi connectivity index (χ2n) is 8.04. The Morgan fingerprint density at radius 3 is 2.31 bits per heavy atom. The fourth-order valence-corrected chi connectivity index (χ4v) is 5.80. The van der Waals surface area contributed by atoms with E-state index in [0.717, 1.165) is 51.2 Å². The number of likely N-dealkylation sites (tertiary alicyclic amines) is 1. The van der Waals surface area contributed by atoms with E-state index in [1.165, 1.54) is 0 Å². The highest BCUT2D eigenvalue weighted by atomic mass is 32.2. The molecule has 0 bridgehead atoms. The summed E-state index contributed by atoms with van der Waals surface area (Å²) in [5.41, 5.74) is -0.905. The van der Waals surface area contributed by atoms with Crippen molar-refractivity contribution in [3.05, 3.63) is 18.1 Å². The Morgan fingerprint density at radius 1 is 1.03 bits per heavy atom. The van der Waals surface area contributed by atoms with Crippen LogP contribution in [0.5, 0.6) is 0 Å². The maximum Gasteiger partial charge on any atom is 0.433 e. The van der Waals surface area contributed by atoms with Crippen molar-refractivity contribution in [1.82, 2.24) is 19.2 Å². The maximum absolute atomic E-state index is 13.0. The highest BCUT2D eigenvalue weighted by Gasteiger charge is 2.39. The van der Waals surface area contributed by atoms with E-state index in [4.69, 9.17) is 0 Å². The normalized spacial score (nSPS) is 24.1. The molecule has 0 unspecified atom stereocenters. The van der Waals surface area contributed by atoms with Crippen LogP contribution in [0.15, 0.2) is 12.4 Å². The molecule has 2 saturated heterocycles. The minimum absolute atomic E-state index is 0.144. The van der Waals surface area contributed by atoms with Gasteiger partial charge in [-0.05, 0) is 32.1 Å². The molecule has 0 aromatic carbocycles. The van der Waals surface area contributed by atoms with Gasteiger partial charge in [0.2, 0.25) is 10.0 Å². The number of sulfonamides is 1. The zero-order valence-corrected chi connectivity index (χ0v) is 17.0. The van der Waals surface area contributed by atoms with Crippen molar-refractivity contribution in [2.75, 3.05) is 43.4 Å². The van der Waals surface area contributed by atoms with Gasteiger partial charge in [-0.2, -0.15) is 13.2 Å². The maximum atomic E-state index is 13.0. The molecule has 2 aliphatic heterocycles. The Kier molecular flexibility index (Phi) is 5.73. The van der Waals surface area contributed by atoms with Gasteiger partial charge in [0, 0.05) is 50.9 Å². The molecule has 0 atom stereocenters. The second kappa shape index (κ2) is 7.99. The molecule has 1 aliphatic carbocycles. The predicted octanol–water partition coefficient (Wildman–Crippen LogP) is 1.96. The van der Waals surface area contributed by atoms with E-state index < -0.39 is 21.9 Å². The summed E-state index contributed by atoms with van der Waals surface area (Å²) in [4.78, 5) is 11.8. The number of halogens is 3. The topological polar surface area (TPSA) is 69.6 Å². The zero-order chi connectivity index (χ0) is 20.6. The summed E-state index contributed by atoms with van der Waals surface area (Å²) in [6, 6.07) is 1.45. The molecule has 4 rings (SSSR count). The monoisotopic (exact) mass is 433 g/mol. The van der Waals surface area contributed by atoms with Crippen molar-refractivity contribution in [1.29, 1.82) is 0 Å². The SMILES string of the molecule is O=S1(=O)CCCN1CCN1CCC(N(c2cc(C(F)(F)F)ncn2)C2CC2)CC1. The number of piperidine rings is 1. The molecule has 3 aliphatic rings. The summed E-state index contributed by atoms with van der Waals surface area (Å²) in [7, 11) is -3.07. The molecule has 0 amide bonds. The van der Waals surface area contributed by atoms with E-state index >= 15 is 0 Å². The molecule has 1 saturated carbocycles. The molecule has 1 aromatic rings. The van der Waals surface area contributed by atoms with Crippen molar-refractivity contribution >= 4 is 15.8 Å². The van der Waals surface area contributed by atoms with Gasteiger partial charge in [-0.3, -0.25) is 0 Å². The first-order chi connectivity index (χ1) is 13.7. The summed E-state index contributed by atoms with van der Waals surface area (Å²) in [6.07, 6.45) is 0.810. The third-order valence-corrected chi connectivity index (χ3v) is 7.92. The standard InChI is InChI=1S/C18H26F3N5O2S/c19-18(20,21)16-12-17(23-13-22-16)26(14-2-3-14)15-4-7-24(8-5-15)9-10-25-6-1-11-29(25,27)28/h12-15H,1-11H2. The smallest absolute Gasteiger partial charge is 0.350 e. The lowest BCUT2D eigenvalue weighted by Gasteiger charge is -2.39. The fourth-order valence-electron chi connectivity index (χ4n) is 4.28. The highest BCUT2D eigenvalue weighted by Crippen LogP contribution is 2.37. The van der Waals surface area contributed by atoms with Crippen molar-refractivity contribution in [2.45, 2.75) is 50.4 Å². The van der Waals surface area contributed by atoms with Crippen LogP contribution in [0.2, 0.25) is 0 Å². The van der Waals surface area contributed by atoms with Crippen LogP contribution < -0.4 is 4.90 Å². The number of hydrogen-bond acceptors (Lipinski definition) is 6. The van der Waals surface area contributed by atoms with E-state index in [9.17, 15) is 21.6 Å². The summed E-state index contributed by atoms with van der Waals surface area (Å²) in [5.74, 6) is 0.598. The average molecular weight is 434 g/mol. The number of anilines is 1. The fraction of sp³-hybridized carbons (Fsp3) is 0.778. The predicted molar refractivity (Wildman–Crippen MR) is 102 cm³/mol. The number of rotatable bonds is 6. The minimum atomic E-state index is -4.48. The van der Waals surface area contributed by atoms with Crippen molar-refractivity contribution in [3.8, 4) is 0 Å². The van der Waals surface area contributed by atoms with Crippen LogP contribution >= 0.6 is 0 Å². The Labute approximate surface area is 168 Å². The van der Waals surface area contributed by atoms with Crippen LogP contribution in [0.4, 0.5) is 19.0 Å². The second-order valence-corrected chi connectivity index (χ2v) is 10.1. The summed E-state index contributed by atoms with van der Waals surface area (Å²) in [6.45, 7) is 3.42. The van der Waals surface area contributed by atoms with Gasteiger partial charge in [0.25, 0.3) is 0 Å². The van der Waals surface area contributed by atoms with E-state index in [0.29, 0.717) is 31.9 Å². The van der Waals surface area contributed by atoms with Gasteiger partial charge >= 0.3 is 6.18 Å². The van der Waals surface area contributed by atoms with Gasteiger partial charge in [-0.25, -0.2) is 22.7 Å². The molecule has 29 heavy (non-hydrogen) atoms. The molecular weight excluding hydrogens is 407 g/mol. The third-order valence-electron chi connectivity index (χ3n) is 5.97. The summed E-state index contributed by atoms with van der Waals surface area (Å²) in [5, 5.41) is 0. The lowest BCUT2D eigenvalue weighted by atomic mass is 10.0. The zero-order valence-electron chi connectivity index (χ0n) is 16.2. The van der Waals surface area contributed by atoms with Crippen molar-refractivity contribution in [2.24, 2.45) is 0 Å². The van der Waals surface area contributed by atoms with Gasteiger partial charge in [-0.15, -0.1) is 0 Å². The van der Waals surface area contributed by atoms with Crippen molar-refractivity contribution in [3.63, 3.8) is 0 Å². The molecule has 7 nitrogen and oxygen atoms in total. The number of nitrogens with zero attached hydrogens (tertiary/aromatic N) is 5. The molecule has 0 spiro atoms. The van der Waals surface area contributed by atoms with Crippen molar-refractivity contribution < 1.29 is 21.6 Å². The Hall–Kier alpha value is -1.46. The lowest BCUT2D eigenvalue weighted by molar-refractivity contribution is -0.141. The Bertz CT molecular complexity index is 823. The quantitative estimate of drug-likeness (QED) is 0.683. The summed E-state index contributed by atoms with van der Waals surface area (Å²) >= 11 is 0. The van der Waals surface area contributed by atoms with Gasteiger partial charge in [-0.1, -0.05) is 0 Å². The number of hydrogen-bond donors (Lipinski definition) is 0. The van der Waals surface area contributed by atoms with Gasteiger partial charge in [0.05, 0.1) is 5.75 Å². The van der Waals surface area contributed by atoms with E-state index in [-0.39, 0.29) is 17.8 Å². The van der Waals surface area contributed by atoms with E-state index in [2.05, 4.69) is 19.8 Å². The molecule has 3 heterocycles. The largest absolute Gasteiger partial charge is 0.433 e. The average Bonchev–Trinajstić information content (AvgIpc) is 3.44. The Morgan fingerprint density at radius 2 is 1.72 bits per heavy atom. The summed E-state index contributed by atoms with van der Waals surface area (Å²) < 4.78 is 64.5. The number of alkyl halides is 3. The van der Waals surface area contributed by atoms with Crippen LogP contribution in [0, 0.1) is 0 Å². The first-order valence-corrected chi connectivity index (χ1v) is 11.7. The van der Waals surface area contributed by atoms with Crippen LogP contribution in [-0.4, -0.2) is 78.2 Å². The highest BCUT2D eigenvalue weighted by molar-refractivity contribution is 7.89. The van der Waals surface area contributed by atoms with Gasteiger partial charge < -0.3 is 9.80 Å². The minimum Gasteiger partial charge on any atom is -0.350 e. The van der Waals surface area contributed by atoms with Crippen LogP contribution in [0.1, 0.15) is 37.8 Å². The molecule has 11 heteroatoms. The molecule has 3 fully saturated rings. The lowest BCUT2D eigenvalue weighted by Crippen LogP contribution is -2.48. The van der Waals surface area contributed by atoms with E-state index in [1.807, 2.05) is 0 Å². The van der Waals surface area contributed by atoms with E-state index in [1.54, 1.807) is 4.31 Å². The molecule has 1 aromatic heterocycles. The first kappa shape index (κ1) is 20.8. The Balaban J connectivity index is 1.36. The molecular formula is C18H26F3N5O2S. The van der Waals surface area contributed by atoms with Gasteiger partial charge in [0.15, 0.2) is 0 Å². The van der Waals surface area contributed by atoms with Crippen LogP contribution in [-0.2, 0) is 16.2 Å². The molecule has 0 radical (unpaired) electrons. The van der Waals surface area contributed by atoms with Gasteiger partial charge in [0.1, 0.15) is 17.8 Å². The molecule has 162 valence electrons. The first-order valence-electron chi connectivity index (χ1n) is 10.1. The molecule has 0 N–H and O–H groups in total. The van der Waals surface area contributed by atoms with Crippen LogP contribution in [0.25, 0.3) is 0 Å². The number of aromatic nitrogens is 2. The van der Waals surface area contributed by atoms with Crippen LogP contribution in [0.3, 0.4) is 0 Å². The third kappa shape index (κ3) is 4.83.